The summed E-state index contributed by atoms with van der Waals surface area (Å²) in [4.78, 5) is 0. The third kappa shape index (κ3) is 4.39. The third-order valence-corrected chi connectivity index (χ3v) is 4.46. The van der Waals surface area contributed by atoms with Gasteiger partial charge in [0.2, 0.25) is 0 Å². The van der Waals surface area contributed by atoms with Crippen LogP contribution >= 0.6 is 0 Å². The maximum Gasteiger partial charge on any atom is 0.271 e. The molecule has 0 saturated carbocycles. The normalized spacial score (nSPS) is 13.0. The fourth-order valence-electron chi connectivity index (χ4n) is 2.08. The van der Waals surface area contributed by atoms with Crippen molar-refractivity contribution < 1.29 is 17.7 Å². The van der Waals surface area contributed by atoms with Crippen molar-refractivity contribution in [1.29, 1.82) is 0 Å². The van der Waals surface area contributed by atoms with Gasteiger partial charge in [-0.25, -0.2) is 0 Å². The van der Waals surface area contributed by atoms with E-state index < -0.39 is 15.4 Å². The van der Waals surface area contributed by atoms with E-state index in [1.165, 1.54) is 6.92 Å². The number of hydrogen-bond donors (Lipinski definition) is 1. The summed E-state index contributed by atoms with van der Waals surface area (Å²) < 4.78 is 37.4. The first kappa shape index (κ1) is 15.7. The molecule has 0 saturated heterocycles. The van der Waals surface area contributed by atoms with Gasteiger partial charge in [-0.3, -0.25) is 4.55 Å². The largest absolute Gasteiger partial charge is 0.372 e. The van der Waals surface area contributed by atoms with E-state index in [1.807, 2.05) is 42.5 Å². The zero-order valence-corrected chi connectivity index (χ0v) is 12.6. The van der Waals surface area contributed by atoms with Gasteiger partial charge < -0.3 is 4.74 Å². The van der Waals surface area contributed by atoms with E-state index in [0.29, 0.717) is 18.8 Å². The summed E-state index contributed by atoms with van der Waals surface area (Å²) in [6.07, 6.45) is 0. The van der Waals surface area contributed by atoms with Crippen LogP contribution in [-0.4, -0.2) is 13.0 Å². The SMILES string of the molecule is CC(c1ccccc1COCc1ccccc1)S(=O)(=O)O. The Labute approximate surface area is 125 Å². The molecule has 112 valence electrons. The molecular weight excluding hydrogens is 288 g/mol. The second-order valence-corrected chi connectivity index (χ2v) is 6.57. The van der Waals surface area contributed by atoms with Gasteiger partial charge in [0.15, 0.2) is 0 Å². The zero-order valence-electron chi connectivity index (χ0n) is 11.8. The molecule has 5 heteroatoms. The molecule has 0 spiro atoms. The first-order valence-electron chi connectivity index (χ1n) is 6.64. The molecule has 0 aliphatic carbocycles. The highest BCUT2D eigenvalue weighted by Gasteiger charge is 2.21. The second-order valence-electron chi connectivity index (χ2n) is 4.83. The minimum Gasteiger partial charge on any atom is -0.372 e. The van der Waals surface area contributed by atoms with E-state index >= 15 is 0 Å². The molecular formula is C16H18O4S. The molecule has 0 aliphatic heterocycles. The Balaban J connectivity index is 2.07. The van der Waals surface area contributed by atoms with Crippen LogP contribution in [0.2, 0.25) is 0 Å². The van der Waals surface area contributed by atoms with Crippen LogP contribution in [0.4, 0.5) is 0 Å². The van der Waals surface area contributed by atoms with Crippen molar-refractivity contribution in [2.24, 2.45) is 0 Å². The summed E-state index contributed by atoms with van der Waals surface area (Å²) in [5.41, 5.74) is 2.38. The lowest BCUT2D eigenvalue weighted by atomic mass is 10.1. The van der Waals surface area contributed by atoms with Gasteiger partial charge in [0, 0.05) is 0 Å². The quantitative estimate of drug-likeness (QED) is 0.831. The highest BCUT2D eigenvalue weighted by Crippen LogP contribution is 2.25. The Morgan fingerprint density at radius 3 is 2.29 bits per heavy atom. The molecule has 2 rings (SSSR count). The molecule has 2 aromatic carbocycles. The fourth-order valence-corrected chi connectivity index (χ4v) is 2.63. The van der Waals surface area contributed by atoms with Crippen LogP contribution in [0.15, 0.2) is 54.6 Å². The average molecular weight is 306 g/mol. The lowest BCUT2D eigenvalue weighted by Crippen LogP contribution is -2.11. The Morgan fingerprint density at radius 1 is 1.00 bits per heavy atom. The van der Waals surface area contributed by atoms with E-state index in [9.17, 15) is 13.0 Å². The summed E-state index contributed by atoms with van der Waals surface area (Å²) in [6, 6.07) is 16.8. The Morgan fingerprint density at radius 2 is 1.62 bits per heavy atom. The Bertz CT molecular complexity index is 680. The Hall–Kier alpha value is -1.69. The van der Waals surface area contributed by atoms with Crippen LogP contribution in [0.5, 0.6) is 0 Å². The lowest BCUT2D eigenvalue weighted by Gasteiger charge is -2.14. The van der Waals surface area contributed by atoms with Crippen LogP contribution in [0.25, 0.3) is 0 Å². The molecule has 0 aliphatic rings. The summed E-state index contributed by atoms with van der Waals surface area (Å²) in [6.45, 7) is 2.21. The van der Waals surface area contributed by atoms with Crippen molar-refractivity contribution in [2.45, 2.75) is 25.4 Å². The van der Waals surface area contributed by atoms with Gasteiger partial charge in [-0.2, -0.15) is 8.42 Å². The second kappa shape index (κ2) is 6.85. The van der Waals surface area contributed by atoms with Crippen molar-refractivity contribution in [3.63, 3.8) is 0 Å². The van der Waals surface area contributed by atoms with Gasteiger partial charge in [0.25, 0.3) is 10.1 Å². The minimum atomic E-state index is -4.11. The van der Waals surface area contributed by atoms with Gasteiger partial charge in [-0.15, -0.1) is 0 Å². The monoisotopic (exact) mass is 306 g/mol. The molecule has 21 heavy (non-hydrogen) atoms. The molecule has 0 amide bonds. The van der Waals surface area contributed by atoms with E-state index in [2.05, 4.69) is 0 Å². The van der Waals surface area contributed by atoms with Gasteiger partial charge >= 0.3 is 0 Å². The number of hydrogen-bond acceptors (Lipinski definition) is 3. The standard InChI is InChI=1S/C16H18O4S/c1-13(21(17,18)19)16-10-6-5-9-15(16)12-20-11-14-7-3-2-4-8-14/h2-10,13H,11-12H2,1H3,(H,17,18,19). The lowest BCUT2D eigenvalue weighted by molar-refractivity contribution is 0.106. The van der Waals surface area contributed by atoms with Crippen molar-refractivity contribution in [3.05, 3.63) is 71.3 Å². The van der Waals surface area contributed by atoms with E-state index in [4.69, 9.17) is 4.74 Å². The molecule has 0 radical (unpaired) electrons. The summed E-state index contributed by atoms with van der Waals surface area (Å²) in [5, 5.41) is -0.964. The molecule has 1 unspecified atom stereocenters. The van der Waals surface area contributed by atoms with Gasteiger partial charge in [0.05, 0.1) is 13.2 Å². The van der Waals surface area contributed by atoms with Crippen molar-refractivity contribution >= 4 is 10.1 Å². The highest BCUT2D eigenvalue weighted by atomic mass is 32.2. The van der Waals surface area contributed by atoms with Gasteiger partial charge in [-0.05, 0) is 23.6 Å². The fraction of sp³-hybridized carbons (Fsp3) is 0.250. The molecule has 0 aromatic heterocycles. The van der Waals surface area contributed by atoms with Crippen LogP contribution < -0.4 is 0 Å². The van der Waals surface area contributed by atoms with E-state index in [-0.39, 0.29) is 0 Å². The summed E-state index contributed by atoms with van der Waals surface area (Å²) in [5.74, 6) is 0. The predicted molar refractivity (Wildman–Crippen MR) is 81.3 cm³/mol. The first-order valence-corrected chi connectivity index (χ1v) is 8.14. The molecule has 1 atom stereocenters. The van der Waals surface area contributed by atoms with E-state index in [0.717, 1.165) is 11.1 Å². The van der Waals surface area contributed by atoms with Crippen LogP contribution in [-0.2, 0) is 28.1 Å². The first-order chi connectivity index (χ1) is 9.98. The predicted octanol–water partition coefficient (Wildman–Crippen LogP) is 3.35. The van der Waals surface area contributed by atoms with Crippen LogP contribution in [0, 0.1) is 0 Å². The smallest absolute Gasteiger partial charge is 0.271 e. The molecule has 2 aromatic rings. The van der Waals surface area contributed by atoms with Gasteiger partial charge in [0.1, 0.15) is 5.25 Å². The van der Waals surface area contributed by atoms with Crippen molar-refractivity contribution in [2.75, 3.05) is 0 Å². The van der Waals surface area contributed by atoms with E-state index in [1.54, 1.807) is 12.1 Å². The van der Waals surface area contributed by atoms with Crippen molar-refractivity contribution in [1.82, 2.24) is 0 Å². The van der Waals surface area contributed by atoms with Crippen LogP contribution in [0.1, 0.15) is 28.9 Å². The average Bonchev–Trinajstić information content (AvgIpc) is 2.47. The highest BCUT2D eigenvalue weighted by molar-refractivity contribution is 7.86. The molecule has 0 heterocycles. The number of rotatable bonds is 6. The maximum absolute atomic E-state index is 11.3. The molecule has 4 nitrogen and oxygen atoms in total. The summed E-state index contributed by atoms with van der Waals surface area (Å²) in [7, 11) is -4.11. The number of benzene rings is 2. The minimum absolute atomic E-state index is 0.297. The topological polar surface area (TPSA) is 63.6 Å². The zero-order chi connectivity index (χ0) is 15.3. The summed E-state index contributed by atoms with van der Waals surface area (Å²) >= 11 is 0. The van der Waals surface area contributed by atoms with Crippen LogP contribution in [0.3, 0.4) is 0 Å². The number of ether oxygens (including phenoxy) is 1. The molecule has 0 bridgehead atoms. The third-order valence-electron chi connectivity index (χ3n) is 3.31. The Kier molecular flexibility index (Phi) is 5.12. The molecule has 0 fully saturated rings. The maximum atomic E-state index is 11.3. The molecule has 1 N–H and O–H groups in total. The van der Waals surface area contributed by atoms with Crippen molar-refractivity contribution in [3.8, 4) is 0 Å². The van der Waals surface area contributed by atoms with Gasteiger partial charge in [-0.1, -0.05) is 54.6 Å².